The summed E-state index contributed by atoms with van der Waals surface area (Å²) >= 11 is 12.8. The molecule has 4 aromatic rings. The lowest BCUT2D eigenvalue weighted by Crippen LogP contribution is -2.60. The predicted octanol–water partition coefficient (Wildman–Crippen LogP) is 8.44. The van der Waals surface area contributed by atoms with Crippen LogP contribution in [0.3, 0.4) is 0 Å². The molecule has 1 aliphatic carbocycles. The lowest BCUT2D eigenvalue weighted by Gasteiger charge is -2.38. The molecule has 308 valence electrons. The van der Waals surface area contributed by atoms with Gasteiger partial charge in [-0.05, 0) is 80.6 Å². The summed E-state index contributed by atoms with van der Waals surface area (Å²) < 4.78 is 17.1. The number of benzene rings is 4. The van der Waals surface area contributed by atoms with Gasteiger partial charge in [-0.15, -0.1) is 0 Å². The number of hydrogen-bond donors (Lipinski definition) is 2. The van der Waals surface area contributed by atoms with Gasteiger partial charge in [0.25, 0.3) is 5.91 Å². The molecule has 58 heavy (non-hydrogen) atoms. The fraction of sp³-hybridized carbons (Fsp3) is 0.364. The number of alkyl carbamates (subject to hydrolysis) is 1. The summed E-state index contributed by atoms with van der Waals surface area (Å²) in [5.41, 5.74) is 4.76. The first-order valence-electron chi connectivity index (χ1n) is 19.3. The largest absolute Gasteiger partial charge is 0.465 e. The fourth-order valence-corrected chi connectivity index (χ4v) is 7.45. The van der Waals surface area contributed by atoms with Crippen molar-refractivity contribution in [2.75, 3.05) is 37.7 Å². The van der Waals surface area contributed by atoms with Crippen LogP contribution in [0, 0.1) is 0 Å². The Morgan fingerprint density at radius 2 is 1.34 bits per heavy atom. The molecule has 4 amide bonds. The van der Waals surface area contributed by atoms with Crippen LogP contribution in [0.5, 0.6) is 0 Å². The van der Waals surface area contributed by atoms with Crippen LogP contribution in [-0.4, -0.2) is 96.2 Å². The van der Waals surface area contributed by atoms with Crippen molar-refractivity contribution in [3.05, 3.63) is 124 Å². The van der Waals surface area contributed by atoms with Crippen molar-refractivity contribution in [2.24, 2.45) is 0 Å². The van der Waals surface area contributed by atoms with E-state index in [1.54, 1.807) is 36.1 Å². The third kappa shape index (κ3) is 10.7. The first-order chi connectivity index (χ1) is 27.8. The van der Waals surface area contributed by atoms with Crippen molar-refractivity contribution in [2.45, 2.75) is 71.6 Å². The number of fused-ring (bicyclic) bond motifs is 3. The van der Waals surface area contributed by atoms with Crippen LogP contribution < -0.4 is 10.2 Å². The van der Waals surface area contributed by atoms with Crippen LogP contribution in [0.1, 0.15) is 57.2 Å². The number of carbonyl (C=O) groups is 4. The average Bonchev–Trinajstić information content (AvgIpc) is 3.53. The highest BCUT2D eigenvalue weighted by Gasteiger charge is 2.39. The minimum absolute atomic E-state index is 0.0352. The zero-order valence-corrected chi connectivity index (χ0v) is 34.8. The Morgan fingerprint density at radius 1 is 0.759 bits per heavy atom. The maximum Gasteiger partial charge on any atom is 0.408 e. The number of anilines is 1. The Morgan fingerprint density at radius 3 is 1.90 bits per heavy atom. The molecular formula is C44H50Cl2N4O8. The minimum atomic E-state index is -1.54. The molecule has 0 spiro atoms. The lowest BCUT2D eigenvalue weighted by atomic mass is 9.96. The van der Waals surface area contributed by atoms with Gasteiger partial charge in [0.2, 0.25) is 5.91 Å². The van der Waals surface area contributed by atoms with E-state index in [4.69, 9.17) is 37.4 Å². The SMILES string of the molecule is CCOC(CN(C(=O)C(C)N(C(=O)C(CN(CC1c2ccccc2-c2ccccc21)C(=O)O)NC(=O)OCc1ccccc1)c1ccc(Cl)c(Cl)c1)C(C)C)OCC. The van der Waals surface area contributed by atoms with Gasteiger partial charge in [0.05, 0.1) is 23.1 Å². The van der Waals surface area contributed by atoms with Gasteiger partial charge in [0.15, 0.2) is 6.29 Å². The Labute approximate surface area is 349 Å². The first kappa shape index (κ1) is 44.0. The smallest absolute Gasteiger partial charge is 0.408 e. The zero-order chi connectivity index (χ0) is 41.9. The fourth-order valence-electron chi connectivity index (χ4n) is 7.16. The van der Waals surface area contributed by atoms with Crippen LogP contribution in [0.15, 0.2) is 97.1 Å². The molecule has 5 rings (SSSR count). The normalized spacial score (nSPS) is 13.1. The predicted molar refractivity (Wildman–Crippen MR) is 224 cm³/mol. The second-order valence-electron chi connectivity index (χ2n) is 14.1. The molecule has 2 atom stereocenters. The highest BCUT2D eigenvalue weighted by Crippen LogP contribution is 2.45. The quantitative estimate of drug-likeness (QED) is 0.0954. The summed E-state index contributed by atoms with van der Waals surface area (Å²) in [5.74, 6) is -1.61. The van der Waals surface area contributed by atoms with Gasteiger partial charge in [-0.1, -0.05) is 102 Å². The standard InChI is InChI=1S/C44H50Cl2N4O8/c1-6-56-40(57-7-2)26-49(28(3)4)41(51)29(5)50(31-21-22-37(45)38(46)23-31)42(52)39(47-43(53)58-27-30-15-9-8-10-16-30)25-48(44(54)55)24-36-34-19-13-11-17-32(34)33-18-12-14-20-35(33)36/h8-23,28-29,36,39-40H,6-7,24-27H2,1-5H3,(H,47,53)(H,54,55). The molecular weight excluding hydrogens is 783 g/mol. The van der Waals surface area contributed by atoms with Crippen LogP contribution in [-0.2, 0) is 30.4 Å². The zero-order valence-electron chi connectivity index (χ0n) is 33.3. The number of ether oxygens (including phenoxy) is 3. The van der Waals surface area contributed by atoms with Crippen molar-refractivity contribution in [3.63, 3.8) is 0 Å². The second kappa shape index (κ2) is 20.5. The summed E-state index contributed by atoms with van der Waals surface area (Å²) in [4.78, 5) is 60.2. The number of carboxylic acid groups (broad SMARTS) is 1. The molecule has 14 heteroatoms. The van der Waals surface area contributed by atoms with Gasteiger partial charge in [0.1, 0.15) is 18.7 Å². The van der Waals surface area contributed by atoms with Gasteiger partial charge < -0.3 is 34.4 Å². The molecule has 12 nitrogen and oxygen atoms in total. The molecule has 2 N–H and O–H groups in total. The number of carbonyl (C=O) groups excluding carboxylic acids is 3. The molecule has 0 saturated heterocycles. The van der Waals surface area contributed by atoms with Crippen molar-refractivity contribution >= 4 is 52.9 Å². The van der Waals surface area contributed by atoms with Gasteiger partial charge >= 0.3 is 12.2 Å². The number of nitrogens with zero attached hydrogens (tertiary/aromatic N) is 3. The number of rotatable bonds is 18. The topological polar surface area (TPSA) is 138 Å². The van der Waals surface area contributed by atoms with Crippen molar-refractivity contribution in [3.8, 4) is 11.1 Å². The first-order valence-corrected chi connectivity index (χ1v) is 20.0. The second-order valence-corrected chi connectivity index (χ2v) is 14.9. The van der Waals surface area contributed by atoms with E-state index in [9.17, 15) is 19.5 Å². The molecule has 0 bridgehead atoms. The summed E-state index contributed by atoms with van der Waals surface area (Å²) in [6.45, 7) is 9.00. The van der Waals surface area contributed by atoms with Gasteiger partial charge in [-0.25, -0.2) is 9.59 Å². The van der Waals surface area contributed by atoms with E-state index in [1.807, 2.05) is 82.3 Å². The van der Waals surface area contributed by atoms with Crippen molar-refractivity contribution in [1.29, 1.82) is 0 Å². The van der Waals surface area contributed by atoms with Crippen molar-refractivity contribution < 1.29 is 38.5 Å². The van der Waals surface area contributed by atoms with Gasteiger partial charge in [-0.2, -0.15) is 0 Å². The van der Waals surface area contributed by atoms with E-state index in [2.05, 4.69) is 5.32 Å². The summed E-state index contributed by atoms with van der Waals surface area (Å²) in [7, 11) is 0. The molecule has 0 aliphatic heterocycles. The van der Waals surface area contributed by atoms with E-state index in [0.29, 0.717) is 18.8 Å². The third-order valence-corrected chi connectivity index (χ3v) is 10.7. The molecule has 2 unspecified atom stereocenters. The molecule has 1 aliphatic rings. The summed E-state index contributed by atoms with van der Waals surface area (Å²) in [5, 5.41) is 13.7. The van der Waals surface area contributed by atoms with E-state index >= 15 is 4.79 Å². The monoisotopic (exact) mass is 832 g/mol. The van der Waals surface area contributed by atoms with E-state index in [-0.39, 0.29) is 47.4 Å². The van der Waals surface area contributed by atoms with E-state index in [0.717, 1.165) is 27.2 Å². The Bertz CT molecular complexity index is 2000. The molecule has 0 aromatic heterocycles. The summed E-state index contributed by atoms with van der Waals surface area (Å²) in [6, 6.07) is 25.9. The molecule has 0 heterocycles. The highest BCUT2D eigenvalue weighted by molar-refractivity contribution is 6.42. The number of amides is 4. The third-order valence-electron chi connectivity index (χ3n) is 9.96. The van der Waals surface area contributed by atoms with Crippen LogP contribution in [0.25, 0.3) is 11.1 Å². The number of nitrogens with one attached hydrogen (secondary N) is 1. The number of hydrogen-bond acceptors (Lipinski definition) is 7. The summed E-state index contributed by atoms with van der Waals surface area (Å²) in [6.07, 6.45) is -3.00. The molecule has 0 fully saturated rings. The Kier molecular flexibility index (Phi) is 15.6. The van der Waals surface area contributed by atoms with Crippen LogP contribution in [0.2, 0.25) is 10.0 Å². The maximum atomic E-state index is 15.1. The van der Waals surface area contributed by atoms with E-state index in [1.165, 1.54) is 23.1 Å². The molecule has 4 aromatic carbocycles. The molecule has 0 radical (unpaired) electrons. The lowest BCUT2D eigenvalue weighted by molar-refractivity contribution is -0.162. The van der Waals surface area contributed by atoms with Gasteiger partial charge in [0, 0.05) is 37.4 Å². The van der Waals surface area contributed by atoms with Crippen LogP contribution >= 0.6 is 23.2 Å². The van der Waals surface area contributed by atoms with E-state index < -0.39 is 48.9 Å². The number of halogens is 2. The van der Waals surface area contributed by atoms with Crippen molar-refractivity contribution in [1.82, 2.24) is 15.1 Å². The molecule has 0 saturated carbocycles. The Hall–Kier alpha value is -5.14. The highest BCUT2D eigenvalue weighted by atomic mass is 35.5. The van der Waals surface area contributed by atoms with Crippen LogP contribution in [0.4, 0.5) is 15.3 Å². The Balaban J connectivity index is 1.53. The van der Waals surface area contributed by atoms with Gasteiger partial charge in [-0.3, -0.25) is 14.5 Å². The minimum Gasteiger partial charge on any atom is -0.465 e. The average molecular weight is 834 g/mol. The maximum absolute atomic E-state index is 15.1.